The fourth-order valence-electron chi connectivity index (χ4n) is 0.0797. The number of alkyl halides is 2. The molecule has 8 heavy (non-hydrogen) atoms. The Morgan fingerprint density at radius 1 is 1.38 bits per heavy atom. The quantitative estimate of drug-likeness (QED) is 0.539. The summed E-state index contributed by atoms with van der Waals surface area (Å²) in [6.07, 6.45) is -3.39. The van der Waals surface area contributed by atoms with Crippen LogP contribution in [0.2, 0.25) is 0 Å². The highest BCUT2D eigenvalue weighted by Crippen LogP contribution is 2.11. The van der Waals surface area contributed by atoms with Gasteiger partial charge in [-0.2, -0.15) is 0 Å². The minimum absolute atomic E-state index is 2.03. The number of carbonyl (C=O) groups excluding carboxylic acids is 1. The van der Waals surface area contributed by atoms with E-state index in [4.69, 9.17) is 0 Å². The molecule has 46 valence electrons. The molecular formula is C2HF2O3P. The van der Waals surface area contributed by atoms with Gasteiger partial charge in [0.15, 0.2) is 0 Å². The second-order valence-corrected chi connectivity index (χ2v) is 1.85. The van der Waals surface area contributed by atoms with Crippen molar-refractivity contribution in [2.75, 3.05) is 0 Å². The van der Waals surface area contributed by atoms with Crippen LogP contribution in [0.4, 0.5) is 8.78 Å². The van der Waals surface area contributed by atoms with Crippen molar-refractivity contribution in [2.24, 2.45) is 0 Å². The Bertz CT molecular complexity index is 153. The summed E-state index contributed by atoms with van der Waals surface area (Å²) in [5.74, 6) is 0. The third-order valence-corrected chi connectivity index (χ3v) is 0.922. The smallest absolute Gasteiger partial charge is 0.276 e. The predicted molar refractivity (Wildman–Crippen MR) is 19.3 cm³/mol. The number of hydrogen-bond donors (Lipinski definition) is 0. The standard InChI is InChI=1S/C2HF2O3P/c3-1(4)2(5)8(6)7/h1H. The second-order valence-electron chi connectivity index (χ2n) is 0.896. The van der Waals surface area contributed by atoms with Crippen LogP contribution in [-0.4, -0.2) is 11.9 Å². The zero-order chi connectivity index (χ0) is 6.73. The van der Waals surface area contributed by atoms with Gasteiger partial charge in [0, 0.05) is 0 Å². The molecule has 0 spiro atoms. The molecule has 0 aromatic carbocycles. The topological polar surface area (TPSA) is 51.2 Å². The van der Waals surface area contributed by atoms with Gasteiger partial charge >= 0.3 is 19.6 Å². The first-order chi connectivity index (χ1) is 3.55. The van der Waals surface area contributed by atoms with E-state index in [1.165, 1.54) is 0 Å². The van der Waals surface area contributed by atoms with Crippen molar-refractivity contribution in [1.29, 1.82) is 0 Å². The fourth-order valence-corrected chi connectivity index (χ4v) is 0.239. The van der Waals surface area contributed by atoms with Crippen molar-refractivity contribution >= 4 is 13.2 Å². The van der Waals surface area contributed by atoms with Crippen molar-refractivity contribution in [3.63, 3.8) is 0 Å². The van der Waals surface area contributed by atoms with E-state index in [0.717, 1.165) is 0 Å². The first-order valence-corrected chi connectivity index (χ1v) is 2.70. The lowest BCUT2D eigenvalue weighted by Crippen LogP contribution is -2.00. The largest absolute Gasteiger partial charge is 0.391 e. The summed E-state index contributed by atoms with van der Waals surface area (Å²) in [5.41, 5.74) is -2.03. The lowest BCUT2D eigenvalue weighted by molar-refractivity contribution is -0.121. The van der Waals surface area contributed by atoms with Crippen LogP contribution in [0.15, 0.2) is 0 Å². The first-order valence-electron chi connectivity index (χ1n) is 1.52. The van der Waals surface area contributed by atoms with Crippen LogP contribution in [-0.2, 0) is 13.9 Å². The van der Waals surface area contributed by atoms with E-state index in [2.05, 4.69) is 0 Å². The van der Waals surface area contributed by atoms with E-state index < -0.39 is 19.6 Å². The molecule has 0 atom stereocenters. The Labute approximate surface area is 43.5 Å². The lowest BCUT2D eigenvalue weighted by atomic mass is 10.8. The lowest BCUT2D eigenvalue weighted by Gasteiger charge is -1.80. The van der Waals surface area contributed by atoms with Crippen molar-refractivity contribution < 1.29 is 22.7 Å². The van der Waals surface area contributed by atoms with Crippen molar-refractivity contribution in [3.8, 4) is 0 Å². The SMILES string of the molecule is O=C(C(F)F)P(=O)=O. The van der Waals surface area contributed by atoms with Crippen LogP contribution in [0.5, 0.6) is 0 Å². The Hall–Kier alpha value is -0.570. The third kappa shape index (κ3) is 1.93. The summed E-state index contributed by atoms with van der Waals surface area (Å²) in [5, 5.41) is 0. The molecule has 0 saturated heterocycles. The average molecular weight is 142 g/mol. The van der Waals surface area contributed by atoms with E-state index >= 15 is 0 Å². The predicted octanol–water partition coefficient (Wildman–Crippen LogP) is 0.951. The van der Waals surface area contributed by atoms with Gasteiger partial charge in [-0.25, -0.2) is 17.9 Å². The number of hydrogen-bond acceptors (Lipinski definition) is 3. The molecule has 0 radical (unpaired) electrons. The molecular weight excluding hydrogens is 141 g/mol. The zero-order valence-corrected chi connectivity index (χ0v) is 4.40. The molecule has 0 aromatic heterocycles. The van der Waals surface area contributed by atoms with Gasteiger partial charge in [-0.05, 0) is 0 Å². The number of halogens is 2. The van der Waals surface area contributed by atoms with E-state index in [-0.39, 0.29) is 0 Å². The second kappa shape index (κ2) is 2.67. The number of carbonyl (C=O) groups is 1. The summed E-state index contributed by atoms with van der Waals surface area (Å²) in [4.78, 5) is 9.50. The molecule has 0 aliphatic carbocycles. The molecule has 0 N–H and O–H groups in total. The highest BCUT2D eigenvalue weighted by Gasteiger charge is 2.20. The minimum Gasteiger partial charge on any atom is -0.276 e. The van der Waals surface area contributed by atoms with Crippen LogP contribution >= 0.6 is 7.68 Å². The van der Waals surface area contributed by atoms with Crippen molar-refractivity contribution in [2.45, 2.75) is 6.43 Å². The van der Waals surface area contributed by atoms with Crippen LogP contribution in [0.25, 0.3) is 0 Å². The Morgan fingerprint density at radius 3 is 1.75 bits per heavy atom. The van der Waals surface area contributed by atoms with Gasteiger partial charge in [-0.1, -0.05) is 0 Å². The summed E-state index contributed by atoms with van der Waals surface area (Å²) < 4.78 is 40.6. The maximum Gasteiger partial charge on any atom is 0.391 e. The van der Waals surface area contributed by atoms with E-state index in [1.54, 1.807) is 0 Å². The molecule has 0 rings (SSSR count). The highest BCUT2D eigenvalue weighted by molar-refractivity contribution is 7.52. The van der Waals surface area contributed by atoms with Crippen molar-refractivity contribution in [3.05, 3.63) is 0 Å². The molecule has 0 unspecified atom stereocenters. The Kier molecular flexibility index (Phi) is 2.48. The molecule has 0 saturated carbocycles. The minimum atomic E-state index is -3.59. The van der Waals surface area contributed by atoms with Gasteiger partial charge in [-0.15, -0.1) is 0 Å². The number of rotatable bonds is 2. The van der Waals surface area contributed by atoms with E-state index in [9.17, 15) is 22.7 Å². The van der Waals surface area contributed by atoms with Gasteiger partial charge in [-0.3, -0.25) is 4.79 Å². The van der Waals surface area contributed by atoms with Crippen molar-refractivity contribution in [1.82, 2.24) is 0 Å². The summed E-state index contributed by atoms with van der Waals surface area (Å²) in [6.45, 7) is 0. The van der Waals surface area contributed by atoms with Gasteiger partial charge in [0.25, 0.3) is 0 Å². The monoisotopic (exact) mass is 142 g/mol. The molecule has 0 bridgehead atoms. The molecule has 0 fully saturated rings. The molecule has 0 aromatic rings. The molecule has 0 heterocycles. The highest BCUT2D eigenvalue weighted by atomic mass is 31.1. The van der Waals surface area contributed by atoms with Gasteiger partial charge in [0.05, 0.1) is 0 Å². The summed E-state index contributed by atoms with van der Waals surface area (Å²) >= 11 is 0. The maximum absolute atomic E-state index is 10.9. The van der Waals surface area contributed by atoms with Gasteiger partial charge < -0.3 is 0 Å². The summed E-state index contributed by atoms with van der Waals surface area (Å²) in [7, 11) is -3.59. The first kappa shape index (κ1) is 7.43. The molecule has 6 heteroatoms. The Balaban J connectivity index is 4.05. The third-order valence-electron chi connectivity index (χ3n) is 0.367. The van der Waals surface area contributed by atoms with E-state index in [1.807, 2.05) is 0 Å². The normalized spacial score (nSPS) is 9.38. The Morgan fingerprint density at radius 2 is 1.75 bits per heavy atom. The van der Waals surface area contributed by atoms with Crippen LogP contribution in [0.3, 0.4) is 0 Å². The zero-order valence-electron chi connectivity index (χ0n) is 3.51. The molecule has 0 amide bonds. The molecule has 0 aliphatic heterocycles. The fraction of sp³-hybridized carbons (Fsp3) is 0.500. The molecule has 3 nitrogen and oxygen atoms in total. The van der Waals surface area contributed by atoms with E-state index in [0.29, 0.717) is 0 Å². The van der Waals surface area contributed by atoms with Crippen LogP contribution in [0, 0.1) is 0 Å². The van der Waals surface area contributed by atoms with Crippen LogP contribution in [0.1, 0.15) is 0 Å². The average Bonchev–Trinajstić information content (AvgIpc) is 1.64. The van der Waals surface area contributed by atoms with Gasteiger partial charge in [0.2, 0.25) is 0 Å². The van der Waals surface area contributed by atoms with Gasteiger partial charge in [0.1, 0.15) is 0 Å². The molecule has 0 aliphatic rings. The maximum atomic E-state index is 10.9. The summed E-state index contributed by atoms with van der Waals surface area (Å²) in [6, 6.07) is 0. The van der Waals surface area contributed by atoms with Crippen LogP contribution < -0.4 is 0 Å².